The van der Waals surface area contributed by atoms with Gasteiger partial charge in [-0.1, -0.05) is 6.07 Å². The second-order valence-corrected chi connectivity index (χ2v) is 4.35. The summed E-state index contributed by atoms with van der Waals surface area (Å²) in [5, 5.41) is 9.05. The SMILES string of the molecule is CC(CO)N(C)C(=O)c1cnc2ccccn2c1=O. The summed E-state index contributed by atoms with van der Waals surface area (Å²) in [6, 6.07) is 4.80. The molecule has 0 saturated heterocycles. The van der Waals surface area contributed by atoms with Crippen molar-refractivity contribution < 1.29 is 9.90 Å². The molecular formula is C13H15N3O3. The Morgan fingerprint density at radius 2 is 2.26 bits per heavy atom. The van der Waals surface area contributed by atoms with Gasteiger partial charge in [-0.3, -0.25) is 14.0 Å². The first-order chi connectivity index (χ1) is 9.06. The van der Waals surface area contributed by atoms with Gasteiger partial charge in [0.25, 0.3) is 11.5 Å². The van der Waals surface area contributed by atoms with Gasteiger partial charge in [-0.25, -0.2) is 4.98 Å². The summed E-state index contributed by atoms with van der Waals surface area (Å²) in [7, 11) is 1.54. The molecule has 0 aromatic carbocycles. The Morgan fingerprint density at radius 1 is 1.53 bits per heavy atom. The number of aliphatic hydroxyl groups is 1. The monoisotopic (exact) mass is 261 g/mol. The van der Waals surface area contributed by atoms with Crippen molar-refractivity contribution in [1.29, 1.82) is 0 Å². The van der Waals surface area contributed by atoms with Crippen molar-refractivity contribution in [2.75, 3.05) is 13.7 Å². The van der Waals surface area contributed by atoms with Crippen LogP contribution in [0.2, 0.25) is 0 Å². The third-order valence-corrected chi connectivity index (χ3v) is 3.09. The molecule has 6 nitrogen and oxygen atoms in total. The van der Waals surface area contributed by atoms with Gasteiger partial charge in [0.05, 0.1) is 12.6 Å². The number of carbonyl (C=O) groups excluding carboxylic acids is 1. The summed E-state index contributed by atoms with van der Waals surface area (Å²) in [6.07, 6.45) is 2.84. The van der Waals surface area contributed by atoms with Crippen LogP contribution in [0, 0.1) is 0 Å². The van der Waals surface area contributed by atoms with Gasteiger partial charge in [-0.15, -0.1) is 0 Å². The van der Waals surface area contributed by atoms with Gasteiger partial charge in [0, 0.05) is 19.4 Å². The van der Waals surface area contributed by atoms with Gasteiger partial charge >= 0.3 is 0 Å². The maximum atomic E-state index is 12.2. The van der Waals surface area contributed by atoms with Crippen LogP contribution in [0.15, 0.2) is 35.4 Å². The van der Waals surface area contributed by atoms with E-state index in [1.165, 1.54) is 15.5 Å². The fourth-order valence-corrected chi connectivity index (χ4v) is 1.69. The Kier molecular flexibility index (Phi) is 3.62. The summed E-state index contributed by atoms with van der Waals surface area (Å²) in [4.78, 5) is 29.8. The van der Waals surface area contributed by atoms with E-state index in [1.54, 1.807) is 38.4 Å². The third kappa shape index (κ3) is 2.34. The quantitative estimate of drug-likeness (QED) is 0.853. The minimum atomic E-state index is -0.447. The van der Waals surface area contributed by atoms with Gasteiger partial charge in [-0.05, 0) is 19.1 Å². The maximum absolute atomic E-state index is 12.2. The van der Waals surface area contributed by atoms with E-state index in [0.717, 1.165) is 0 Å². The molecule has 0 aliphatic carbocycles. The molecule has 2 aromatic rings. The first-order valence-electron chi connectivity index (χ1n) is 5.90. The molecule has 6 heteroatoms. The van der Waals surface area contributed by atoms with Crippen molar-refractivity contribution in [1.82, 2.24) is 14.3 Å². The van der Waals surface area contributed by atoms with Gasteiger partial charge in [0.2, 0.25) is 0 Å². The molecule has 0 saturated carbocycles. The Bertz CT molecular complexity index is 665. The summed E-state index contributed by atoms with van der Waals surface area (Å²) >= 11 is 0. The van der Waals surface area contributed by atoms with E-state index in [4.69, 9.17) is 5.11 Å². The predicted octanol–water partition coefficient (Wildman–Crippen LogP) is 0.147. The molecule has 2 aromatic heterocycles. The fraction of sp³-hybridized carbons (Fsp3) is 0.308. The average Bonchev–Trinajstić information content (AvgIpc) is 2.45. The number of hydrogen-bond acceptors (Lipinski definition) is 4. The van der Waals surface area contributed by atoms with Crippen molar-refractivity contribution in [2.45, 2.75) is 13.0 Å². The smallest absolute Gasteiger partial charge is 0.270 e. The van der Waals surface area contributed by atoms with Crippen LogP contribution in [0.3, 0.4) is 0 Å². The van der Waals surface area contributed by atoms with Crippen LogP contribution in [0.5, 0.6) is 0 Å². The minimum absolute atomic E-state index is 0.00787. The molecule has 1 amide bonds. The van der Waals surface area contributed by atoms with Crippen molar-refractivity contribution >= 4 is 11.6 Å². The molecule has 19 heavy (non-hydrogen) atoms. The highest BCUT2D eigenvalue weighted by Gasteiger charge is 2.20. The zero-order valence-electron chi connectivity index (χ0n) is 10.8. The number of likely N-dealkylation sites (N-methyl/N-ethyl adjacent to an activating group) is 1. The summed E-state index contributed by atoms with van der Waals surface area (Å²) in [6.45, 7) is 1.54. The molecule has 1 atom stereocenters. The number of fused-ring (bicyclic) bond motifs is 1. The van der Waals surface area contributed by atoms with Gasteiger partial charge in [0.15, 0.2) is 0 Å². The molecule has 1 N–H and O–H groups in total. The first kappa shape index (κ1) is 13.2. The molecule has 0 spiro atoms. The lowest BCUT2D eigenvalue weighted by Crippen LogP contribution is -2.40. The molecule has 0 bridgehead atoms. The lowest BCUT2D eigenvalue weighted by molar-refractivity contribution is 0.0680. The number of carbonyl (C=O) groups is 1. The molecular weight excluding hydrogens is 246 g/mol. The number of rotatable bonds is 3. The van der Waals surface area contributed by atoms with Crippen molar-refractivity contribution in [3.63, 3.8) is 0 Å². The summed E-state index contributed by atoms with van der Waals surface area (Å²) in [5.41, 5.74) is 0.0704. The van der Waals surface area contributed by atoms with Gasteiger partial charge in [-0.2, -0.15) is 0 Å². The summed E-state index contributed by atoms with van der Waals surface area (Å²) < 4.78 is 1.32. The molecule has 0 radical (unpaired) electrons. The second kappa shape index (κ2) is 5.19. The number of aliphatic hydroxyl groups excluding tert-OH is 1. The van der Waals surface area contributed by atoms with E-state index in [9.17, 15) is 9.59 Å². The molecule has 2 rings (SSSR count). The van der Waals surface area contributed by atoms with Crippen molar-refractivity contribution in [3.8, 4) is 0 Å². The van der Waals surface area contributed by atoms with Crippen LogP contribution in [-0.4, -0.2) is 45.0 Å². The number of aromatic nitrogens is 2. The van der Waals surface area contributed by atoms with Crippen LogP contribution in [-0.2, 0) is 0 Å². The largest absolute Gasteiger partial charge is 0.394 e. The van der Waals surface area contributed by atoms with E-state index in [2.05, 4.69) is 4.98 Å². The Labute approximate surface area is 109 Å². The zero-order valence-corrected chi connectivity index (χ0v) is 10.8. The summed E-state index contributed by atoms with van der Waals surface area (Å²) in [5.74, 6) is -0.447. The molecule has 0 fully saturated rings. The van der Waals surface area contributed by atoms with Crippen LogP contribution in [0.25, 0.3) is 5.65 Å². The molecule has 0 aliphatic rings. The number of nitrogens with zero attached hydrogens (tertiary/aromatic N) is 3. The Hall–Kier alpha value is -2.21. The third-order valence-electron chi connectivity index (χ3n) is 3.09. The normalized spacial score (nSPS) is 12.4. The Morgan fingerprint density at radius 3 is 2.95 bits per heavy atom. The molecule has 1 unspecified atom stereocenters. The van der Waals surface area contributed by atoms with Gasteiger partial charge in [0.1, 0.15) is 11.2 Å². The maximum Gasteiger partial charge on any atom is 0.270 e. The van der Waals surface area contributed by atoms with E-state index in [0.29, 0.717) is 5.65 Å². The average molecular weight is 261 g/mol. The van der Waals surface area contributed by atoms with Crippen LogP contribution in [0.4, 0.5) is 0 Å². The van der Waals surface area contributed by atoms with E-state index in [1.807, 2.05) is 0 Å². The van der Waals surface area contributed by atoms with Crippen LogP contribution < -0.4 is 5.56 Å². The first-order valence-corrected chi connectivity index (χ1v) is 5.90. The van der Waals surface area contributed by atoms with Gasteiger partial charge < -0.3 is 10.0 Å². The highest BCUT2D eigenvalue weighted by Crippen LogP contribution is 2.03. The van der Waals surface area contributed by atoms with E-state index in [-0.39, 0.29) is 18.2 Å². The van der Waals surface area contributed by atoms with Crippen LogP contribution >= 0.6 is 0 Å². The number of amides is 1. The van der Waals surface area contributed by atoms with Crippen LogP contribution in [0.1, 0.15) is 17.3 Å². The standard InChI is InChI=1S/C13H15N3O3/c1-9(8-17)15(2)12(18)10-7-14-11-5-3-4-6-16(11)13(10)19/h3-7,9,17H,8H2,1-2H3. The molecule has 100 valence electrons. The Balaban J connectivity index is 2.49. The highest BCUT2D eigenvalue weighted by atomic mass is 16.3. The number of hydrogen-bond donors (Lipinski definition) is 1. The lowest BCUT2D eigenvalue weighted by atomic mass is 10.2. The van der Waals surface area contributed by atoms with Crippen molar-refractivity contribution in [2.24, 2.45) is 0 Å². The number of pyridine rings is 1. The minimum Gasteiger partial charge on any atom is -0.394 e. The van der Waals surface area contributed by atoms with E-state index < -0.39 is 11.5 Å². The van der Waals surface area contributed by atoms with Crippen molar-refractivity contribution in [3.05, 3.63) is 46.5 Å². The van der Waals surface area contributed by atoms with E-state index >= 15 is 0 Å². The highest BCUT2D eigenvalue weighted by molar-refractivity contribution is 5.93. The lowest BCUT2D eigenvalue weighted by Gasteiger charge is -2.22. The zero-order chi connectivity index (χ0) is 14.0. The predicted molar refractivity (Wildman–Crippen MR) is 70.1 cm³/mol. The fourth-order valence-electron chi connectivity index (χ4n) is 1.69. The topological polar surface area (TPSA) is 74.9 Å². The second-order valence-electron chi connectivity index (χ2n) is 4.35. The molecule has 2 heterocycles. The molecule has 0 aliphatic heterocycles.